The van der Waals surface area contributed by atoms with E-state index in [0.29, 0.717) is 32.7 Å². The Morgan fingerprint density at radius 1 is 0.886 bits per heavy atom. The van der Waals surface area contributed by atoms with E-state index in [-0.39, 0.29) is 24.3 Å². The van der Waals surface area contributed by atoms with Gasteiger partial charge in [-0.25, -0.2) is 0 Å². The van der Waals surface area contributed by atoms with Crippen molar-refractivity contribution in [1.82, 2.24) is 20.0 Å². The van der Waals surface area contributed by atoms with Crippen molar-refractivity contribution in [3.05, 3.63) is 77.9 Å². The third-order valence-corrected chi connectivity index (χ3v) is 6.30. The molecule has 2 amide bonds. The van der Waals surface area contributed by atoms with Crippen LogP contribution in [0.1, 0.15) is 25.0 Å². The van der Waals surface area contributed by atoms with Gasteiger partial charge in [-0.05, 0) is 24.6 Å². The smallest absolute Gasteiger partial charge is 0.242 e. The number of carbonyl (C=O) groups is 2. The molecule has 35 heavy (non-hydrogen) atoms. The van der Waals surface area contributed by atoms with Crippen molar-refractivity contribution in [3.8, 4) is 11.3 Å². The number of hydrogen-bond acceptors (Lipinski definition) is 5. The molecule has 1 fully saturated rings. The minimum absolute atomic E-state index is 0.00946. The molecule has 0 bridgehead atoms. The Morgan fingerprint density at radius 2 is 1.57 bits per heavy atom. The van der Waals surface area contributed by atoms with Crippen molar-refractivity contribution in [2.45, 2.75) is 27.3 Å². The van der Waals surface area contributed by atoms with Crippen LogP contribution in [0.3, 0.4) is 0 Å². The van der Waals surface area contributed by atoms with Gasteiger partial charge in [0.05, 0.1) is 5.69 Å². The van der Waals surface area contributed by atoms with E-state index < -0.39 is 0 Å². The van der Waals surface area contributed by atoms with Gasteiger partial charge in [0.1, 0.15) is 6.54 Å². The Labute approximate surface area is 207 Å². The standard InChI is InChI=1S/C28H33N5O2/c1-21(2)28(35)33(19-23-7-5-4-6-8-23)20-27(34)32-17-15-31(16-18-32)26-14-13-25(29-30-26)24-11-9-22(3)10-12-24/h4-14,21H,15-20H2,1-3H3. The van der Waals surface area contributed by atoms with Gasteiger partial charge in [0.25, 0.3) is 0 Å². The summed E-state index contributed by atoms with van der Waals surface area (Å²) in [6.07, 6.45) is 0. The van der Waals surface area contributed by atoms with Crippen LogP contribution in [0.5, 0.6) is 0 Å². The molecule has 0 unspecified atom stereocenters. The van der Waals surface area contributed by atoms with E-state index in [1.807, 2.05) is 61.2 Å². The fourth-order valence-corrected chi connectivity index (χ4v) is 4.20. The molecule has 7 heteroatoms. The molecule has 0 aliphatic carbocycles. The summed E-state index contributed by atoms with van der Waals surface area (Å²) in [6.45, 7) is 8.88. The molecule has 0 spiro atoms. The van der Waals surface area contributed by atoms with Crippen LogP contribution in [0.25, 0.3) is 11.3 Å². The van der Waals surface area contributed by atoms with E-state index in [9.17, 15) is 9.59 Å². The van der Waals surface area contributed by atoms with Crippen LogP contribution >= 0.6 is 0 Å². The maximum Gasteiger partial charge on any atom is 0.242 e. The van der Waals surface area contributed by atoms with Crippen LogP contribution in [0.15, 0.2) is 66.7 Å². The van der Waals surface area contributed by atoms with E-state index in [0.717, 1.165) is 22.6 Å². The highest BCUT2D eigenvalue weighted by atomic mass is 16.2. The number of aryl methyl sites for hydroxylation is 1. The number of aromatic nitrogens is 2. The van der Waals surface area contributed by atoms with Gasteiger partial charge in [-0.15, -0.1) is 10.2 Å². The Bertz CT molecular complexity index is 1120. The summed E-state index contributed by atoms with van der Waals surface area (Å²) in [5, 5.41) is 8.84. The largest absolute Gasteiger partial charge is 0.352 e. The normalized spacial score (nSPS) is 13.7. The molecule has 0 N–H and O–H groups in total. The summed E-state index contributed by atoms with van der Waals surface area (Å²) in [6, 6.07) is 22.0. The van der Waals surface area contributed by atoms with Crippen LogP contribution in [0, 0.1) is 12.8 Å². The van der Waals surface area contributed by atoms with Crippen molar-refractivity contribution in [3.63, 3.8) is 0 Å². The molecule has 1 aliphatic rings. The predicted octanol–water partition coefficient (Wildman–Crippen LogP) is 3.79. The lowest BCUT2D eigenvalue weighted by atomic mass is 10.1. The lowest BCUT2D eigenvalue weighted by Gasteiger charge is -2.36. The zero-order valence-electron chi connectivity index (χ0n) is 20.7. The van der Waals surface area contributed by atoms with Gasteiger partial charge in [0, 0.05) is 44.2 Å². The van der Waals surface area contributed by atoms with Crippen molar-refractivity contribution in [2.24, 2.45) is 5.92 Å². The SMILES string of the molecule is Cc1ccc(-c2ccc(N3CCN(C(=O)CN(Cc4ccccc4)C(=O)C(C)C)CC3)nn2)cc1. The van der Waals surface area contributed by atoms with Crippen molar-refractivity contribution in [2.75, 3.05) is 37.6 Å². The molecule has 0 radical (unpaired) electrons. The van der Waals surface area contributed by atoms with Gasteiger partial charge in [-0.1, -0.05) is 74.0 Å². The summed E-state index contributed by atoms with van der Waals surface area (Å²) in [4.78, 5) is 31.5. The van der Waals surface area contributed by atoms with Gasteiger partial charge in [0.2, 0.25) is 11.8 Å². The van der Waals surface area contributed by atoms with E-state index >= 15 is 0 Å². The van der Waals surface area contributed by atoms with E-state index in [1.165, 1.54) is 5.56 Å². The van der Waals surface area contributed by atoms with Gasteiger partial charge in [-0.3, -0.25) is 9.59 Å². The van der Waals surface area contributed by atoms with Gasteiger partial charge >= 0.3 is 0 Å². The van der Waals surface area contributed by atoms with E-state index in [1.54, 1.807) is 4.90 Å². The van der Waals surface area contributed by atoms with Gasteiger partial charge in [-0.2, -0.15) is 0 Å². The minimum Gasteiger partial charge on any atom is -0.352 e. The third-order valence-electron chi connectivity index (χ3n) is 6.30. The van der Waals surface area contributed by atoms with E-state index in [4.69, 9.17) is 0 Å². The number of hydrogen-bond donors (Lipinski definition) is 0. The molecular weight excluding hydrogens is 438 g/mol. The molecule has 1 aliphatic heterocycles. The number of rotatable bonds is 7. The van der Waals surface area contributed by atoms with Crippen LogP contribution < -0.4 is 4.90 Å². The summed E-state index contributed by atoms with van der Waals surface area (Å²) in [7, 11) is 0. The molecule has 0 atom stereocenters. The van der Waals surface area contributed by atoms with Crippen molar-refractivity contribution in [1.29, 1.82) is 0 Å². The molecule has 1 aromatic heterocycles. The van der Waals surface area contributed by atoms with Crippen LogP contribution in [-0.4, -0.2) is 64.5 Å². The van der Waals surface area contributed by atoms with Crippen LogP contribution in [-0.2, 0) is 16.1 Å². The fraction of sp³-hybridized carbons (Fsp3) is 0.357. The molecule has 2 heterocycles. The Morgan fingerprint density at radius 3 is 2.17 bits per heavy atom. The molecule has 7 nitrogen and oxygen atoms in total. The third kappa shape index (κ3) is 6.23. The summed E-state index contributed by atoms with van der Waals surface area (Å²) >= 11 is 0. The average Bonchev–Trinajstić information content (AvgIpc) is 2.89. The van der Waals surface area contributed by atoms with Crippen LogP contribution in [0.2, 0.25) is 0 Å². The second-order valence-electron chi connectivity index (χ2n) is 9.35. The monoisotopic (exact) mass is 471 g/mol. The lowest BCUT2D eigenvalue weighted by Crippen LogP contribution is -2.52. The van der Waals surface area contributed by atoms with Crippen molar-refractivity contribution < 1.29 is 9.59 Å². The molecule has 1 saturated heterocycles. The molecule has 2 aromatic carbocycles. The molecule has 0 saturated carbocycles. The molecule has 3 aromatic rings. The topological polar surface area (TPSA) is 69.6 Å². The average molecular weight is 472 g/mol. The lowest BCUT2D eigenvalue weighted by molar-refractivity contribution is -0.143. The number of anilines is 1. The minimum atomic E-state index is -0.162. The van der Waals surface area contributed by atoms with Gasteiger partial charge in [0.15, 0.2) is 5.82 Å². The Kier molecular flexibility index (Phi) is 7.75. The summed E-state index contributed by atoms with van der Waals surface area (Å²) < 4.78 is 0. The maximum absolute atomic E-state index is 13.1. The number of amides is 2. The highest BCUT2D eigenvalue weighted by Gasteiger charge is 2.26. The highest BCUT2D eigenvalue weighted by molar-refractivity contribution is 5.85. The molecule has 4 rings (SSSR count). The molecule has 182 valence electrons. The summed E-state index contributed by atoms with van der Waals surface area (Å²) in [5.41, 5.74) is 4.12. The first-order chi connectivity index (χ1) is 16.9. The van der Waals surface area contributed by atoms with Crippen molar-refractivity contribution >= 4 is 17.6 Å². The first-order valence-electron chi connectivity index (χ1n) is 12.2. The maximum atomic E-state index is 13.1. The van der Waals surface area contributed by atoms with Crippen LogP contribution in [0.4, 0.5) is 5.82 Å². The predicted molar refractivity (Wildman–Crippen MR) is 138 cm³/mol. The van der Waals surface area contributed by atoms with E-state index in [2.05, 4.69) is 46.3 Å². The number of carbonyl (C=O) groups excluding carboxylic acids is 2. The quantitative estimate of drug-likeness (QED) is 0.525. The zero-order chi connectivity index (χ0) is 24.8. The fourth-order valence-electron chi connectivity index (χ4n) is 4.20. The number of piperazine rings is 1. The number of benzene rings is 2. The summed E-state index contributed by atoms with van der Waals surface area (Å²) in [5.74, 6) is 0.624. The zero-order valence-corrected chi connectivity index (χ0v) is 20.7. The first kappa shape index (κ1) is 24.4. The molecular formula is C28H33N5O2. The highest BCUT2D eigenvalue weighted by Crippen LogP contribution is 2.20. The number of nitrogens with zero attached hydrogens (tertiary/aromatic N) is 5. The Balaban J connectivity index is 1.34. The van der Waals surface area contributed by atoms with Gasteiger partial charge < -0.3 is 14.7 Å². The second-order valence-corrected chi connectivity index (χ2v) is 9.35. The Hall–Kier alpha value is -3.74. The first-order valence-corrected chi connectivity index (χ1v) is 12.2. The second kappa shape index (κ2) is 11.1.